The van der Waals surface area contributed by atoms with Crippen LogP contribution in [0.1, 0.15) is 20.3 Å². The molecular weight excluding hydrogens is 174 g/mol. The average molecular weight is 193 g/mol. The van der Waals surface area contributed by atoms with Gasteiger partial charge >= 0.3 is 0 Å². The summed E-state index contributed by atoms with van der Waals surface area (Å²) in [6, 6.07) is 0. The van der Waals surface area contributed by atoms with Gasteiger partial charge in [-0.15, -0.1) is 0 Å². The summed E-state index contributed by atoms with van der Waals surface area (Å²) in [6.45, 7) is 5.11. The fourth-order valence-electron chi connectivity index (χ4n) is 0.735. The van der Waals surface area contributed by atoms with Crippen LogP contribution in [0.5, 0.6) is 0 Å². The van der Waals surface area contributed by atoms with E-state index >= 15 is 0 Å². The maximum absolute atomic E-state index is 10.6. The van der Waals surface area contributed by atoms with Gasteiger partial charge < -0.3 is 10.4 Å². The molecule has 0 aliphatic carbocycles. The second kappa shape index (κ2) is 5.67. The second-order valence-corrected chi connectivity index (χ2v) is 5.14. The molecule has 1 atom stereocenters. The van der Waals surface area contributed by atoms with Gasteiger partial charge in [0.25, 0.3) is 0 Å². The van der Waals surface area contributed by atoms with Gasteiger partial charge in [0.2, 0.25) is 0 Å². The van der Waals surface area contributed by atoms with E-state index in [1.165, 1.54) is 0 Å². The molecule has 0 amide bonds. The Kier molecular flexibility index (Phi) is 5.70. The van der Waals surface area contributed by atoms with Gasteiger partial charge in [-0.3, -0.25) is 4.21 Å². The lowest BCUT2D eigenvalue weighted by Gasteiger charge is -2.16. The summed E-state index contributed by atoms with van der Waals surface area (Å²) in [5, 5.41) is 12.4. The zero-order valence-corrected chi connectivity index (χ0v) is 8.91. The predicted octanol–water partition coefficient (Wildman–Crippen LogP) is 0.115. The lowest BCUT2D eigenvalue weighted by atomic mass is 10.1. The van der Waals surface area contributed by atoms with E-state index in [0.29, 0.717) is 5.75 Å². The molecule has 0 radical (unpaired) electrons. The fraction of sp³-hybridized carbons (Fsp3) is 1.00. The van der Waals surface area contributed by atoms with Crippen LogP contribution in [-0.2, 0) is 10.8 Å². The Morgan fingerprint density at radius 2 is 2.00 bits per heavy atom. The number of hydrogen-bond donors (Lipinski definition) is 2. The van der Waals surface area contributed by atoms with Crippen molar-refractivity contribution in [2.45, 2.75) is 25.9 Å². The molecular formula is C8H19NO2S. The summed E-state index contributed by atoms with van der Waals surface area (Å²) in [5.74, 6) is 0.686. The first-order valence-electron chi connectivity index (χ1n) is 4.15. The maximum Gasteiger partial charge on any atom is 0.0603 e. The molecule has 74 valence electrons. The van der Waals surface area contributed by atoms with E-state index in [9.17, 15) is 9.32 Å². The van der Waals surface area contributed by atoms with Crippen molar-refractivity contribution in [3.8, 4) is 0 Å². The molecule has 12 heavy (non-hydrogen) atoms. The molecule has 0 aromatic heterocycles. The number of aliphatic hydroxyl groups is 1. The molecule has 0 spiro atoms. The van der Waals surface area contributed by atoms with Gasteiger partial charge in [0.1, 0.15) is 0 Å². The summed E-state index contributed by atoms with van der Waals surface area (Å²) in [6.07, 6.45) is 2.42. The highest BCUT2D eigenvalue weighted by Gasteiger charge is 2.10. The van der Waals surface area contributed by atoms with Crippen LogP contribution in [0.25, 0.3) is 0 Å². The minimum Gasteiger partial charge on any atom is -0.390 e. The van der Waals surface area contributed by atoms with Crippen molar-refractivity contribution in [2.24, 2.45) is 0 Å². The van der Waals surface area contributed by atoms with E-state index in [4.69, 9.17) is 0 Å². The molecule has 0 aromatic rings. The lowest BCUT2D eigenvalue weighted by molar-refractivity contribution is 0.0714. The van der Waals surface area contributed by atoms with Crippen LogP contribution < -0.4 is 5.32 Å². The third-order valence-corrected chi connectivity index (χ3v) is 2.26. The fourth-order valence-corrected chi connectivity index (χ4v) is 1.17. The Hall–Kier alpha value is 0.0700. The molecule has 0 aliphatic rings. The van der Waals surface area contributed by atoms with Gasteiger partial charge in [-0.25, -0.2) is 0 Å². The Morgan fingerprint density at radius 1 is 1.42 bits per heavy atom. The Morgan fingerprint density at radius 3 is 2.42 bits per heavy atom. The molecule has 0 fully saturated rings. The zero-order valence-electron chi connectivity index (χ0n) is 8.09. The Labute approximate surface area is 77.0 Å². The van der Waals surface area contributed by atoms with Crippen molar-refractivity contribution in [2.75, 3.05) is 25.1 Å². The van der Waals surface area contributed by atoms with Crippen molar-refractivity contribution >= 4 is 10.8 Å². The smallest absolute Gasteiger partial charge is 0.0603 e. The topological polar surface area (TPSA) is 49.3 Å². The summed E-state index contributed by atoms with van der Waals surface area (Å²) in [5.41, 5.74) is -0.599. The first kappa shape index (κ1) is 12.1. The summed E-state index contributed by atoms with van der Waals surface area (Å²) < 4.78 is 10.6. The molecule has 4 heteroatoms. The van der Waals surface area contributed by atoms with Crippen LogP contribution in [0.15, 0.2) is 0 Å². The van der Waals surface area contributed by atoms with E-state index in [1.807, 2.05) is 0 Å². The van der Waals surface area contributed by atoms with Crippen LogP contribution in [-0.4, -0.2) is 40.0 Å². The van der Waals surface area contributed by atoms with Crippen LogP contribution in [0.3, 0.4) is 0 Å². The first-order chi connectivity index (χ1) is 5.42. The Bertz CT molecular complexity index is 142. The zero-order chi connectivity index (χ0) is 9.61. The van der Waals surface area contributed by atoms with E-state index < -0.39 is 16.4 Å². The Balaban J connectivity index is 3.17. The molecule has 0 heterocycles. The van der Waals surface area contributed by atoms with Crippen molar-refractivity contribution in [1.82, 2.24) is 5.32 Å². The number of nitrogens with one attached hydrogen (secondary N) is 1. The quantitative estimate of drug-likeness (QED) is 0.589. The van der Waals surface area contributed by atoms with E-state index in [-0.39, 0.29) is 0 Å². The summed E-state index contributed by atoms with van der Waals surface area (Å²) in [7, 11) is -0.715. The van der Waals surface area contributed by atoms with Crippen LogP contribution in [0.2, 0.25) is 0 Å². The highest BCUT2D eigenvalue weighted by molar-refractivity contribution is 7.84. The first-order valence-corrected chi connectivity index (χ1v) is 5.88. The lowest BCUT2D eigenvalue weighted by Crippen LogP contribution is -2.28. The number of hydrogen-bond acceptors (Lipinski definition) is 3. The van der Waals surface area contributed by atoms with Gasteiger partial charge in [-0.2, -0.15) is 0 Å². The minimum atomic E-state index is -0.715. The van der Waals surface area contributed by atoms with Gasteiger partial charge in [-0.1, -0.05) is 0 Å². The predicted molar refractivity (Wildman–Crippen MR) is 52.7 cm³/mol. The molecule has 2 N–H and O–H groups in total. The van der Waals surface area contributed by atoms with Crippen molar-refractivity contribution in [1.29, 1.82) is 0 Å². The van der Waals surface area contributed by atoms with E-state index in [0.717, 1.165) is 19.5 Å². The standard InChI is InChI=1S/C8H19NO2S/c1-8(2,10)4-5-9-6-7-12(3)11/h9-10H,4-7H2,1-3H3. The van der Waals surface area contributed by atoms with Crippen molar-refractivity contribution in [3.63, 3.8) is 0 Å². The van der Waals surface area contributed by atoms with Crippen LogP contribution >= 0.6 is 0 Å². The van der Waals surface area contributed by atoms with E-state index in [2.05, 4.69) is 5.32 Å². The summed E-state index contributed by atoms with van der Waals surface area (Å²) in [4.78, 5) is 0. The van der Waals surface area contributed by atoms with Gasteiger partial charge in [0.05, 0.1) is 5.60 Å². The highest BCUT2D eigenvalue weighted by Crippen LogP contribution is 2.04. The average Bonchev–Trinajstić information content (AvgIpc) is 1.83. The van der Waals surface area contributed by atoms with Gasteiger partial charge in [0, 0.05) is 29.4 Å². The molecule has 0 saturated carbocycles. The molecule has 1 unspecified atom stereocenters. The normalized spacial score (nSPS) is 14.7. The summed E-state index contributed by atoms with van der Waals surface area (Å²) >= 11 is 0. The second-order valence-electron chi connectivity index (χ2n) is 3.59. The SMILES string of the molecule is CS(=O)CCNCCC(C)(C)O. The highest BCUT2D eigenvalue weighted by atomic mass is 32.2. The van der Waals surface area contributed by atoms with Gasteiger partial charge in [-0.05, 0) is 26.8 Å². The largest absolute Gasteiger partial charge is 0.390 e. The minimum absolute atomic E-state index is 0.599. The van der Waals surface area contributed by atoms with Crippen LogP contribution in [0.4, 0.5) is 0 Å². The third kappa shape index (κ3) is 10.1. The molecule has 0 rings (SSSR count). The monoisotopic (exact) mass is 193 g/mol. The van der Waals surface area contributed by atoms with Gasteiger partial charge in [0.15, 0.2) is 0 Å². The molecule has 0 aromatic carbocycles. The van der Waals surface area contributed by atoms with E-state index in [1.54, 1.807) is 20.1 Å². The molecule has 0 aliphatic heterocycles. The van der Waals surface area contributed by atoms with Crippen LogP contribution in [0, 0.1) is 0 Å². The van der Waals surface area contributed by atoms with Crippen molar-refractivity contribution in [3.05, 3.63) is 0 Å². The molecule has 3 nitrogen and oxygen atoms in total. The maximum atomic E-state index is 10.6. The third-order valence-electron chi connectivity index (χ3n) is 1.48. The van der Waals surface area contributed by atoms with Crippen molar-refractivity contribution < 1.29 is 9.32 Å². The molecule has 0 saturated heterocycles. The number of rotatable bonds is 6. The molecule has 0 bridgehead atoms.